The third-order valence-electron chi connectivity index (χ3n) is 5.30. The predicted octanol–water partition coefficient (Wildman–Crippen LogP) is 4.02. The van der Waals surface area contributed by atoms with Gasteiger partial charge in [-0.05, 0) is 50.1 Å². The number of benzene rings is 2. The van der Waals surface area contributed by atoms with E-state index in [1.807, 2.05) is 11.8 Å². The number of anilines is 2. The summed E-state index contributed by atoms with van der Waals surface area (Å²) in [6.45, 7) is 2.84. The van der Waals surface area contributed by atoms with Crippen LogP contribution in [0, 0.1) is 0 Å². The number of amides is 1. The molecule has 2 aromatic rings. The average molecular weight is 368 g/mol. The minimum atomic E-state index is -0.172. The lowest BCUT2D eigenvalue weighted by molar-refractivity contribution is -0.124. The zero-order chi connectivity index (χ0) is 17.9. The van der Waals surface area contributed by atoms with Crippen LogP contribution in [-0.2, 0) is 4.79 Å². The summed E-state index contributed by atoms with van der Waals surface area (Å²) >= 11 is 1.84. The molecule has 0 aliphatic carbocycles. The molecular weight excluding hydrogens is 342 g/mol. The number of nitrogens with zero attached hydrogens (tertiary/aromatic N) is 2. The van der Waals surface area contributed by atoms with Gasteiger partial charge in [-0.1, -0.05) is 42.4 Å². The summed E-state index contributed by atoms with van der Waals surface area (Å²) in [5.74, 6) is -0.172. The van der Waals surface area contributed by atoms with Crippen molar-refractivity contribution < 1.29 is 4.79 Å². The number of carbonyl (C=O) groups is 1. The van der Waals surface area contributed by atoms with Gasteiger partial charge in [-0.3, -0.25) is 9.69 Å². The van der Waals surface area contributed by atoms with Crippen LogP contribution in [0.15, 0.2) is 58.3 Å². The van der Waals surface area contributed by atoms with E-state index < -0.39 is 0 Å². The van der Waals surface area contributed by atoms with Crippen molar-refractivity contribution in [3.05, 3.63) is 48.5 Å². The van der Waals surface area contributed by atoms with Crippen LogP contribution in [0.25, 0.3) is 0 Å². The monoisotopic (exact) mass is 367 g/mol. The molecule has 136 valence electrons. The summed E-state index contributed by atoms with van der Waals surface area (Å²) < 4.78 is 0. The highest BCUT2D eigenvalue weighted by molar-refractivity contribution is 7.99. The first kappa shape index (κ1) is 17.4. The molecule has 1 amide bonds. The molecule has 0 radical (unpaired) electrons. The highest BCUT2D eigenvalue weighted by atomic mass is 32.2. The molecule has 2 heterocycles. The second-order valence-corrected chi connectivity index (χ2v) is 8.08. The van der Waals surface area contributed by atoms with Crippen molar-refractivity contribution in [3.63, 3.8) is 0 Å². The zero-order valence-corrected chi connectivity index (χ0v) is 15.8. The van der Waals surface area contributed by atoms with Crippen molar-refractivity contribution in [2.24, 2.45) is 5.73 Å². The van der Waals surface area contributed by atoms with Crippen molar-refractivity contribution in [3.8, 4) is 0 Å². The normalized spacial score (nSPS) is 19.7. The van der Waals surface area contributed by atoms with Crippen LogP contribution >= 0.6 is 11.8 Å². The molecule has 26 heavy (non-hydrogen) atoms. The smallest absolute Gasteiger partial charge is 0.234 e. The number of para-hydroxylation sites is 2. The van der Waals surface area contributed by atoms with Crippen LogP contribution in [-0.4, -0.2) is 36.5 Å². The third kappa shape index (κ3) is 3.46. The minimum Gasteiger partial charge on any atom is -0.368 e. The molecule has 0 saturated carbocycles. The maximum Gasteiger partial charge on any atom is 0.234 e. The van der Waals surface area contributed by atoms with Crippen LogP contribution < -0.4 is 10.6 Å². The number of hydrogen-bond acceptors (Lipinski definition) is 4. The Balaban J connectivity index is 1.49. The SMILES string of the molecule is NC(=O)C1CCCCN1CCCN1c2ccccc2Sc2ccccc21. The van der Waals surface area contributed by atoms with E-state index in [9.17, 15) is 4.79 Å². The molecule has 1 saturated heterocycles. The fourth-order valence-corrected chi connectivity index (χ4v) is 5.13. The Morgan fingerprint density at radius 2 is 1.65 bits per heavy atom. The Kier molecular flexibility index (Phi) is 5.18. The molecule has 2 aliphatic rings. The Morgan fingerprint density at radius 3 is 2.31 bits per heavy atom. The quantitative estimate of drug-likeness (QED) is 0.867. The number of carbonyl (C=O) groups excluding carboxylic acids is 1. The van der Waals surface area contributed by atoms with Crippen molar-refractivity contribution in [1.82, 2.24) is 4.90 Å². The molecule has 4 nitrogen and oxygen atoms in total. The van der Waals surface area contributed by atoms with E-state index in [2.05, 4.69) is 58.3 Å². The van der Waals surface area contributed by atoms with Crippen molar-refractivity contribution in [2.45, 2.75) is 41.5 Å². The first-order valence-corrected chi connectivity index (χ1v) is 10.2. The van der Waals surface area contributed by atoms with Crippen LogP contribution in [0.2, 0.25) is 0 Å². The van der Waals surface area contributed by atoms with E-state index >= 15 is 0 Å². The Hall–Kier alpha value is -1.98. The molecule has 1 fully saturated rings. The van der Waals surface area contributed by atoms with Crippen molar-refractivity contribution >= 4 is 29.0 Å². The summed E-state index contributed by atoms with van der Waals surface area (Å²) in [5, 5.41) is 0. The van der Waals surface area contributed by atoms with Gasteiger partial charge < -0.3 is 10.6 Å². The van der Waals surface area contributed by atoms with E-state index in [0.717, 1.165) is 45.3 Å². The van der Waals surface area contributed by atoms with E-state index in [1.54, 1.807) is 0 Å². The topological polar surface area (TPSA) is 49.6 Å². The second-order valence-electron chi connectivity index (χ2n) is 6.99. The van der Waals surface area contributed by atoms with Gasteiger partial charge in [0.2, 0.25) is 5.91 Å². The number of hydrogen-bond donors (Lipinski definition) is 1. The molecule has 4 rings (SSSR count). The van der Waals surface area contributed by atoms with Crippen molar-refractivity contribution in [1.29, 1.82) is 0 Å². The van der Waals surface area contributed by atoms with Gasteiger partial charge >= 0.3 is 0 Å². The average Bonchev–Trinajstić information content (AvgIpc) is 2.67. The lowest BCUT2D eigenvalue weighted by atomic mass is 10.0. The molecule has 2 aliphatic heterocycles. The van der Waals surface area contributed by atoms with Gasteiger partial charge in [0.15, 0.2) is 0 Å². The Labute approximate surface area is 159 Å². The summed E-state index contributed by atoms with van der Waals surface area (Å²) in [6, 6.07) is 17.1. The molecule has 2 N–H and O–H groups in total. The summed E-state index contributed by atoms with van der Waals surface area (Å²) in [4.78, 5) is 19.0. The van der Waals surface area contributed by atoms with E-state index in [-0.39, 0.29) is 11.9 Å². The standard InChI is InChI=1S/C21H25N3OS/c22-21(25)18-10-5-6-13-23(18)14-7-15-24-16-8-1-3-11-19(16)26-20-12-4-2-9-17(20)24/h1-4,8-9,11-12,18H,5-7,10,13-15H2,(H2,22,25). The van der Waals surface area contributed by atoms with Crippen molar-refractivity contribution in [2.75, 3.05) is 24.5 Å². The predicted molar refractivity (Wildman–Crippen MR) is 107 cm³/mol. The lowest BCUT2D eigenvalue weighted by Gasteiger charge is -2.36. The molecule has 0 bridgehead atoms. The highest BCUT2D eigenvalue weighted by Crippen LogP contribution is 2.47. The fraction of sp³-hybridized carbons (Fsp3) is 0.381. The summed E-state index contributed by atoms with van der Waals surface area (Å²) in [7, 11) is 0. The van der Waals surface area contributed by atoms with E-state index in [4.69, 9.17) is 5.73 Å². The summed E-state index contributed by atoms with van der Waals surface area (Å²) in [6.07, 6.45) is 4.18. The van der Waals surface area contributed by atoms with Crippen LogP contribution in [0.3, 0.4) is 0 Å². The minimum absolute atomic E-state index is 0.0831. The molecule has 0 aromatic heterocycles. The van der Waals surface area contributed by atoms with Gasteiger partial charge in [0, 0.05) is 22.9 Å². The van der Waals surface area contributed by atoms with Gasteiger partial charge in [0.1, 0.15) is 0 Å². The Bertz CT molecular complexity index is 749. The number of nitrogens with two attached hydrogens (primary N) is 1. The largest absolute Gasteiger partial charge is 0.368 e. The number of rotatable bonds is 5. The van der Waals surface area contributed by atoms with Gasteiger partial charge in [0.25, 0.3) is 0 Å². The Morgan fingerprint density at radius 1 is 1.00 bits per heavy atom. The highest BCUT2D eigenvalue weighted by Gasteiger charge is 2.27. The number of fused-ring (bicyclic) bond motifs is 2. The van der Waals surface area contributed by atoms with Gasteiger partial charge in [-0.15, -0.1) is 0 Å². The molecular formula is C21H25N3OS. The van der Waals surface area contributed by atoms with E-state index in [1.165, 1.54) is 21.2 Å². The first-order valence-electron chi connectivity index (χ1n) is 9.41. The third-order valence-corrected chi connectivity index (χ3v) is 6.43. The van der Waals surface area contributed by atoms with Gasteiger partial charge in [-0.2, -0.15) is 0 Å². The second kappa shape index (κ2) is 7.72. The van der Waals surface area contributed by atoms with Gasteiger partial charge in [0.05, 0.1) is 17.4 Å². The first-order chi connectivity index (χ1) is 12.7. The molecule has 1 unspecified atom stereocenters. The van der Waals surface area contributed by atoms with Crippen LogP contribution in [0.1, 0.15) is 25.7 Å². The zero-order valence-electron chi connectivity index (χ0n) is 14.9. The summed E-state index contributed by atoms with van der Waals surface area (Å²) in [5.41, 5.74) is 8.16. The molecule has 1 atom stereocenters. The van der Waals surface area contributed by atoms with Gasteiger partial charge in [-0.25, -0.2) is 0 Å². The molecule has 0 spiro atoms. The molecule has 5 heteroatoms. The maximum atomic E-state index is 11.7. The fourth-order valence-electron chi connectivity index (χ4n) is 4.03. The van der Waals surface area contributed by atoms with Crippen LogP contribution in [0.5, 0.6) is 0 Å². The molecule has 2 aromatic carbocycles. The number of primary amides is 1. The number of likely N-dealkylation sites (tertiary alicyclic amines) is 1. The maximum absolute atomic E-state index is 11.7. The van der Waals surface area contributed by atoms with E-state index in [0.29, 0.717) is 0 Å². The number of piperidine rings is 1. The van der Waals surface area contributed by atoms with Crippen LogP contribution in [0.4, 0.5) is 11.4 Å². The lowest BCUT2D eigenvalue weighted by Crippen LogP contribution is -2.48.